The molecule has 0 aliphatic heterocycles. The van der Waals surface area contributed by atoms with Crippen molar-refractivity contribution in [2.24, 2.45) is 5.73 Å². The lowest BCUT2D eigenvalue weighted by atomic mass is 10.2. The van der Waals surface area contributed by atoms with E-state index in [0.717, 1.165) is 4.88 Å². The highest BCUT2D eigenvalue weighted by Crippen LogP contribution is 2.17. The van der Waals surface area contributed by atoms with Crippen molar-refractivity contribution >= 4 is 17.2 Å². The molecule has 3 N–H and O–H groups in total. The molecule has 0 spiro atoms. The van der Waals surface area contributed by atoms with Crippen LogP contribution in [-0.4, -0.2) is 11.9 Å². The molecule has 0 saturated carbocycles. The Morgan fingerprint density at radius 2 is 2.43 bits per heavy atom. The van der Waals surface area contributed by atoms with Gasteiger partial charge in [-0.15, -0.1) is 11.3 Å². The minimum Gasteiger partial charge on any atom is -0.347 e. The van der Waals surface area contributed by atoms with Crippen LogP contribution in [0.3, 0.4) is 0 Å². The number of carbonyl (C=O) groups excluding carboxylic acids is 1. The summed E-state index contributed by atoms with van der Waals surface area (Å²) in [5.41, 5.74) is 5.61. The van der Waals surface area contributed by atoms with Crippen molar-refractivity contribution in [1.29, 1.82) is 0 Å². The fourth-order valence-corrected chi connectivity index (χ4v) is 1.85. The van der Waals surface area contributed by atoms with E-state index in [2.05, 4.69) is 5.32 Å². The lowest BCUT2D eigenvalue weighted by Gasteiger charge is -2.15. The van der Waals surface area contributed by atoms with E-state index in [9.17, 15) is 4.79 Å². The minimum absolute atomic E-state index is 0.0556. The number of hydrogen-bond acceptors (Lipinski definition) is 3. The maximum Gasteiger partial charge on any atom is 0.237 e. The monoisotopic (exact) mass is 212 g/mol. The van der Waals surface area contributed by atoms with Gasteiger partial charge in [-0.2, -0.15) is 0 Å². The SMILES string of the molecule is CCC(N)C(=O)N[C@@H](C)c1cccs1. The molecule has 3 nitrogen and oxygen atoms in total. The molecule has 78 valence electrons. The van der Waals surface area contributed by atoms with Gasteiger partial charge in [-0.05, 0) is 24.8 Å². The summed E-state index contributed by atoms with van der Waals surface area (Å²) in [6.45, 7) is 3.87. The topological polar surface area (TPSA) is 55.1 Å². The molecule has 1 aromatic heterocycles. The van der Waals surface area contributed by atoms with E-state index < -0.39 is 6.04 Å². The summed E-state index contributed by atoms with van der Waals surface area (Å²) >= 11 is 1.64. The fraction of sp³-hybridized carbons (Fsp3) is 0.500. The predicted molar refractivity (Wildman–Crippen MR) is 59.1 cm³/mol. The number of nitrogens with two attached hydrogens (primary N) is 1. The van der Waals surface area contributed by atoms with Gasteiger partial charge in [0.15, 0.2) is 0 Å². The van der Waals surface area contributed by atoms with Crippen LogP contribution in [0.2, 0.25) is 0 Å². The van der Waals surface area contributed by atoms with Gasteiger partial charge in [0.05, 0.1) is 12.1 Å². The zero-order valence-corrected chi connectivity index (χ0v) is 9.30. The van der Waals surface area contributed by atoms with Crippen molar-refractivity contribution in [3.8, 4) is 0 Å². The summed E-state index contributed by atoms with van der Waals surface area (Å²) in [6.07, 6.45) is 0.670. The molecule has 14 heavy (non-hydrogen) atoms. The van der Waals surface area contributed by atoms with Crippen molar-refractivity contribution in [3.05, 3.63) is 22.4 Å². The van der Waals surface area contributed by atoms with Crippen molar-refractivity contribution < 1.29 is 4.79 Å². The average molecular weight is 212 g/mol. The zero-order valence-electron chi connectivity index (χ0n) is 8.49. The van der Waals surface area contributed by atoms with Crippen LogP contribution in [0.4, 0.5) is 0 Å². The van der Waals surface area contributed by atoms with Crippen molar-refractivity contribution in [2.45, 2.75) is 32.4 Å². The van der Waals surface area contributed by atoms with Gasteiger partial charge in [-0.3, -0.25) is 4.79 Å². The highest BCUT2D eigenvalue weighted by molar-refractivity contribution is 7.10. The van der Waals surface area contributed by atoms with Crippen LogP contribution in [-0.2, 0) is 4.79 Å². The van der Waals surface area contributed by atoms with Gasteiger partial charge in [0.2, 0.25) is 5.91 Å². The van der Waals surface area contributed by atoms with Gasteiger partial charge in [-0.25, -0.2) is 0 Å². The fourth-order valence-electron chi connectivity index (χ4n) is 1.11. The van der Waals surface area contributed by atoms with E-state index in [1.165, 1.54) is 0 Å². The molecule has 0 aliphatic carbocycles. The Kier molecular flexibility index (Phi) is 4.10. The number of carbonyl (C=O) groups is 1. The predicted octanol–water partition coefficient (Wildman–Crippen LogP) is 1.66. The van der Waals surface area contributed by atoms with Crippen LogP contribution in [0.5, 0.6) is 0 Å². The van der Waals surface area contributed by atoms with Crippen LogP contribution in [0.15, 0.2) is 17.5 Å². The molecule has 2 atom stereocenters. The summed E-state index contributed by atoms with van der Waals surface area (Å²) in [5, 5.41) is 4.88. The normalized spacial score (nSPS) is 14.8. The van der Waals surface area contributed by atoms with E-state index >= 15 is 0 Å². The maximum atomic E-state index is 11.4. The molecule has 4 heteroatoms. The largest absolute Gasteiger partial charge is 0.347 e. The Bertz CT molecular complexity index is 284. The van der Waals surface area contributed by atoms with Crippen LogP contribution in [0.25, 0.3) is 0 Å². The molecule has 0 aliphatic rings. The van der Waals surface area contributed by atoms with Gasteiger partial charge in [0.1, 0.15) is 0 Å². The second-order valence-electron chi connectivity index (χ2n) is 3.26. The smallest absolute Gasteiger partial charge is 0.237 e. The number of hydrogen-bond donors (Lipinski definition) is 2. The molecule has 0 aromatic carbocycles. The Morgan fingerprint density at radius 3 is 2.93 bits per heavy atom. The summed E-state index contributed by atoms with van der Waals surface area (Å²) < 4.78 is 0. The molecular formula is C10H16N2OS. The zero-order chi connectivity index (χ0) is 10.6. The molecule has 1 aromatic rings. The van der Waals surface area contributed by atoms with E-state index in [1.54, 1.807) is 11.3 Å². The second-order valence-corrected chi connectivity index (χ2v) is 4.24. The number of nitrogens with one attached hydrogen (secondary N) is 1. The Labute approximate surface area is 88.3 Å². The third kappa shape index (κ3) is 2.82. The van der Waals surface area contributed by atoms with Crippen LogP contribution < -0.4 is 11.1 Å². The number of amides is 1. The molecule has 0 bridgehead atoms. The summed E-state index contributed by atoms with van der Waals surface area (Å²) in [4.78, 5) is 12.6. The van der Waals surface area contributed by atoms with Gasteiger partial charge >= 0.3 is 0 Å². The van der Waals surface area contributed by atoms with Crippen LogP contribution >= 0.6 is 11.3 Å². The lowest BCUT2D eigenvalue weighted by molar-refractivity contribution is -0.123. The molecule has 1 amide bonds. The van der Waals surface area contributed by atoms with E-state index in [4.69, 9.17) is 5.73 Å². The Balaban J connectivity index is 2.49. The molecule has 1 rings (SSSR count). The lowest BCUT2D eigenvalue weighted by Crippen LogP contribution is -2.40. The second kappa shape index (κ2) is 5.12. The molecular weight excluding hydrogens is 196 g/mol. The quantitative estimate of drug-likeness (QED) is 0.797. The van der Waals surface area contributed by atoms with E-state index in [1.807, 2.05) is 31.4 Å². The highest BCUT2D eigenvalue weighted by atomic mass is 32.1. The first kappa shape index (κ1) is 11.2. The summed E-state index contributed by atoms with van der Waals surface area (Å²) in [6, 6.07) is 3.65. The van der Waals surface area contributed by atoms with Crippen molar-refractivity contribution in [2.75, 3.05) is 0 Å². The minimum atomic E-state index is -0.391. The Hall–Kier alpha value is -0.870. The first-order valence-electron chi connectivity index (χ1n) is 4.74. The maximum absolute atomic E-state index is 11.4. The number of rotatable bonds is 4. The van der Waals surface area contributed by atoms with Crippen molar-refractivity contribution in [3.63, 3.8) is 0 Å². The standard InChI is InChI=1S/C10H16N2OS/c1-3-8(11)10(13)12-7(2)9-5-4-6-14-9/h4-8H,3,11H2,1-2H3,(H,12,13)/t7-,8?/m0/s1. The Morgan fingerprint density at radius 1 is 1.71 bits per heavy atom. The third-order valence-corrected chi connectivity index (χ3v) is 3.16. The van der Waals surface area contributed by atoms with E-state index in [-0.39, 0.29) is 11.9 Å². The molecule has 0 fully saturated rings. The average Bonchev–Trinajstić information content (AvgIpc) is 2.69. The first-order chi connectivity index (χ1) is 6.65. The van der Waals surface area contributed by atoms with Crippen LogP contribution in [0.1, 0.15) is 31.2 Å². The first-order valence-corrected chi connectivity index (χ1v) is 5.62. The summed E-state index contributed by atoms with van der Waals surface area (Å²) in [7, 11) is 0. The van der Waals surface area contributed by atoms with Gasteiger partial charge in [-0.1, -0.05) is 13.0 Å². The van der Waals surface area contributed by atoms with Crippen molar-refractivity contribution in [1.82, 2.24) is 5.32 Å². The van der Waals surface area contributed by atoms with Crippen LogP contribution in [0, 0.1) is 0 Å². The third-order valence-electron chi connectivity index (χ3n) is 2.11. The highest BCUT2D eigenvalue weighted by Gasteiger charge is 2.14. The van der Waals surface area contributed by atoms with Gasteiger partial charge in [0, 0.05) is 4.88 Å². The molecule has 1 unspecified atom stereocenters. The summed E-state index contributed by atoms with van der Waals surface area (Å²) in [5.74, 6) is -0.0756. The van der Waals surface area contributed by atoms with Gasteiger partial charge < -0.3 is 11.1 Å². The molecule has 0 radical (unpaired) electrons. The molecule has 0 saturated heterocycles. The molecule has 1 heterocycles. The van der Waals surface area contributed by atoms with E-state index in [0.29, 0.717) is 6.42 Å². The number of thiophene rings is 1. The van der Waals surface area contributed by atoms with Gasteiger partial charge in [0.25, 0.3) is 0 Å².